The van der Waals surface area contributed by atoms with Gasteiger partial charge in [-0.15, -0.1) is 0 Å². The number of unbranched alkanes of at least 4 members (excludes halogenated alkanes) is 1. The van der Waals surface area contributed by atoms with E-state index in [0.717, 1.165) is 4.90 Å². The Balaban J connectivity index is 2.08. The van der Waals surface area contributed by atoms with Crippen LogP contribution in [-0.2, 0) is 0 Å². The van der Waals surface area contributed by atoms with Crippen LogP contribution in [0.1, 0.15) is 30.1 Å². The quantitative estimate of drug-likeness (QED) is 0.727. The molecule has 0 bridgehead atoms. The first-order valence-electron chi connectivity index (χ1n) is 7.93. The minimum absolute atomic E-state index is 0.0722. The summed E-state index contributed by atoms with van der Waals surface area (Å²) in [5.74, 6) is 0.363. The minimum atomic E-state index is -4.42. The standard InChI is InChI=1S/C18H19F3N2O2/c1-2-3-11-23(13-18(19,20)21)17(24)14-6-8-15(9-7-14)25-16-5-4-10-22-12-16/h4-10,12H,2-3,11,13H2,1H3. The lowest BCUT2D eigenvalue weighted by Crippen LogP contribution is -2.39. The molecule has 134 valence electrons. The Kier molecular flexibility index (Phi) is 6.38. The fourth-order valence-electron chi connectivity index (χ4n) is 2.21. The van der Waals surface area contributed by atoms with Crippen molar-refractivity contribution in [3.63, 3.8) is 0 Å². The number of alkyl halides is 3. The average Bonchev–Trinajstić information content (AvgIpc) is 2.58. The summed E-state index contributed by atoms with van der Waals surface area (Å²) in [5, 5.41) is 0. The highest BCUT2D eigenvalue weighted by atomic mass is 19.4. The Morgan fingerprint density at radius 1 is 1.16 bits per heavy atom. The van der Waals surface area contributed by atoms with Gasteiger partial charge < -0.3 is 9.64 Å². The zero-order valence-electron chi connectivity index (χ0n) is 13.8. The van der Waals surface area contributed by atoms with Crippen molar-refractivity contribution in [2.45, 2.75) is 25.9 Å². The molecule has 0 saturated carbocycles. The number of carbonyl (C=O) groups is 1. The SMILES string of the molecule is CCCCN(CC(F)(F)F)C(=O)c1ccc(Oc2cccnc2)cc1. The second-order valence-corrected chi connectivity index (χ2v) is 5.51. The van der Waals surface area contributed by atoms with Crippen LogP contribution < -0.4 is 4.74 Å². The lowest BCUT2D eigenvalue weighted by atomic mass is 10.1. The number of rotatable bonds is 7. The number of aromatic nitrogens is 1. The Morgan fingerprint density at radius 2 is 1.88 bits per heavy atom. The molecular formula is C18H19F3N2O2. The molecule has 0 atom stereocenters. The number of hydrogen-bond acceptors (Lipinski definition) is 3. The molecule has 1 aromatic carbocycles. The molecular weight excluding hydrogens is 333 g/mol. The lowest BCUT2D eigenvalue weighted by Gasteiger charge is -2.24. The smallest absolute Gasteiger partial charge is 0.406 e. The van der Waals surface area contributed by atoms with Crippen molar-refractivity contribution < 1.29 is 22.7 Å². The molecule has 7 heteroatoms. The molecule has 2 aromatic rings. The first-order chi connectivity index (χ1) is 11.9. The summed E-state index contributed by atoms with van der Waals surface area (Å²) in [7, 11) is 0. The fourth-order valence-corrected chi connectivity index (χ4v) is 2.21. The van der Waals surface area contributed by atoms with Crippen molar-refractivity contribution in [3.8, 4) is 11.5 Å². The zero-order chi connectivity index (χ0) is 18.3. The van der Waals surface area contributed by atoms with Gasteiger partial charge in [-0.2, -0.15) is 13.2 Å². The van der Waals surface area contributed by atoms with Gasteiger partial charge in [-0.05, 0) is 42.8 Å². The van der Waals surface area contributed by atoms with E-state index in [0.29, 0.717) is 24.3 Å². The van der Waals surface area contributed by atoms with E-state index in [1.165, 1.54) is 18.3 Å². The Labute approximate surface area is 144 Å². The van der Waals surface area contributed by atoms with E-state index in [-0.39, 0.29) is 12.1 Å². The Morgan fingerprint density at radius 3 is 2.44 bits per heavy atom. The van der Waals surface area contributed by atoms with Gasteiger partial charge >= 0.3 is 6.18 Å². The lowest BCUT2D eigenvalue weighted by molar-refractivity contribution is -0.140. The van der Waals surface area contributed by atoms with Gasteiger partial charge in [0.2, 0.25) is 0 Å². The van der Waals surface area contributed by atoms with Crippen LogP contribution in [0.3, 0.4) is 0 Å². The first-order valence-corrected chi connectivity index (χ1v) is 7.93. The van der Waals surface area contributed by atoms with Gasteiger partial charge in [0.15, 0.2) is 0 Å². The monoisotopic (exact) mass is 352 g/mol. The Hall–Kier alpha value is -2.57. The topological polar surface area (TPSA) is 42.4 Å². The molecule has 2 rings (SSSR count). The van der Waals surface area contributed by atoms with Crippen molar-refractivity contribution in [2.75, 3.05) is 13.1 Å². The van der Waals surface area contributed by atoms with Crippen LogP contribution in [0.5, 0.6) is 11.5 Å². The molecule has 0 unspecified atom stereocenters. The van der Waals surface area contributed by atoms with Crippen LogP contribution >= 0.6 is 0 Å². The van der Waals surface area contributed by atoms with Gasteiger partial charge in [0.05, 0.1) is 6.20 Å². The number of ether oxygens (including phenoxy) is 1. The third kappa shape index (κ3) is 6.10. The number of nitrogens with zero attached hydrogens (tertiary/aromatic N) is 2. The summed E-state index contributed by atoms with van der Waals surface area (Å²) in [6.07, 6.45) is -0.0502. The van der Waals surface area contributed by atoms with Crippen LogP contribution in [0, 0.1) is 0 Å². The number of halogens is 3. The molecule has 1 amide bonds. The van der Waals surface area contributed by atoms with E-state index in [4.69, 9.17) is 4.74 Å². The minimum Gasteiger partial charge on any atom is -0.456 e. The number of carbonyl (C=O) groups excluding carboxylic acids is 1. The molecule has 25 heavy (non-hydrogen) atoms. The summed E-state index contributed by atoms with van der Waals surface area (Å²) in [5.41, 5.74) is 0.193. The van der Waals surface area contributed by atoms with E-state index < -0.39 is 18.6 Å². The predicted molar refractivity (Wildman–Crippen MR) is 87.6 cm³/mol. The third-order valence-electron chi connectivity index (χ3n) is 3.41. The highest BCUT2D eigenvalue weighted by Gasteiger charge is 2.33. The second kappa shape index (κ2) is 8.50. The van der Waals surface area contributed by atoms with Crippen molar-refractivity contribution >= 4 is 5.91 Å². The van der Waals surface area contributed by atoms with E-state index in [1.807, 2.05) is 6.92 Å². The van der Waals surface area contributed by atoms with Gasteiger partial charge in [-0.25, -0.2) is 0 Å². The maximum Gasteiger partial charge on any atom is 0.406 e. The van der Waals surface area contributed by atoms with Gasteiger partial charge in [0, 0.05) is 18.3 Å². The number of benzene rings is 1. The number of amides is 1. The van der Waals surface area contributed by atoms with Crippen molar-refractivity contribution in [1.29, 1.82) is 0 Å². The van der Waals surface area contributed by atoms with Crippen LogP contribution in [0.15, 0.2) is 48.8 Å². The number of pyridine rings is 1. The van der Waals surface area contributed by atoms with E-state index in [9.17, 15) is 18.0 Å². The maximum absolute atomic E-state index is 12.7. The van der Waals surface area contributed by atoms with Gasteiger partial charge in [-0.1, -0.05) is 13.3 Å². The molecule has 0 aliphatic carbocycles. The van der Waals surface area contributed by atoms with Crippen molar-refractivity contribution in [1.82, 2.24) is 9.88 Å². The van der Waals surface area contributed by atoms with E-state index >= 15 is 0 Å². The largest absolute Gasteiger partial charge is 0.456 e. The van der Waals surface area contributed by atoms with Crippen molar-refractivity contribution in [2.24, 2.45) is 0 Å². The molecule has 0 aliphatic rings. The molecule has 0 radical (unpaired) electrons. The van der Waals surface area contributed by atoms with Gasteiger partial charge in [0.25, 0.3) is 5.91 Å². The first kappa shape index (κ1) is 18.8. The summed E-state index contributed by atoms with van der Waals surface area (Å²) >= 11 is 0. The normalized spacial score (nSPS) is 11.2. The highest BCUT2D eigenvalue weighted by molar-refractivity contribution is 5.94. The zero-order valence-corrected chi connectivity index (χ0v) is 13.8. The molecule has 4 nitrogen and oxygen atoms in total. The molecule has 0 aliphatic heterocycles. The van der Waals surface area contributed by atoms with Crippen LogP contribution in [0.4, 0.5) is 13.2 Å². The molecule has 1 heterocycles. The summed E-state index contributed by atoms with van der Waals surface area (Å²) in [4.78, 5) is 17.1. The van der Waals surface area contributed by atoms with Gasteiger partial charge in [-0.3, -0.25) is 9.78 Å². The predicted octanol–water partition coefficient (Wildman–Crippen LogP) is 4.68. The Bertz CT molecular complexity index is 673. The molecule has 0 N–H and O–H groups in total. The van der Waals surface area contributed by atoms with Crippen LogP contribution in [0.2, 0.25) is 0 Å². The summed E-state index contributed by atoms with van der Waals surface area (Å²) in [6.45, 7) is 0.684. The molecule has 1 aromatic heterocycles. The highest BCUT2D eigenvalue weighted by Crippen LogP contribution is 2.22. The van der Waals surface area contributed by atoms with Crippen LogP contribution in [0.25, 0.3) is 0 Å². The van der Waals surface area contributed by atoms with Crippen molar-refractivity contribution in [3.05, 3.63) is 54.4 Å². The number of hydrogen-bond donors (Lipinski definition) is 0. The second-order valence-electron chi connectivity index (χ2n) is 5.51. The maximum atomic E-state index is 12.7. The molecule has 0 spiro atoms. The summed E-state index contributed by atoms with van der Waals surface area (Å²) in [6, 6.07) is 9.46. The van der Waals surface area contributed by atoms with E-state index in [1.54, 1.807) is 30.5 Å². The summed E-state index contributed by atoms with van der Waals surface area (Å²) < 4.78 is 43.6. The molecule has 0 fully saturated rings. The van der Waals surface area contributed by atoms with Crippen LogP contribution in [-0.4, -0.2) is 35.1 Å². The van der Waals surface area contributed by atoms with Gasteiger partial charge in [0.1, 0.15) is 18.0 Å². The molecule has 0 saturated heterocycles. The average molecular weight is 352 g/mol. The third-order valence-corrected chi connectivity index (χ3v) is 3.41. The van der Waals surface area contributed by atoms with E-state index in [2.05, 4.69) is 4.98 Å². The fraction of sp³-hybridized carbons (Fsp3) is 0.333.